The molecule has 0 radical (unpaired) electrons. The smallest absolute Gasteiger partial charge is 0.244 e. The van der Waals surface area contributed by atoms with E-state index in [1.807, 2.05) is 29.5 Å². The lowest BCUT2D eigenvalue weighted by Gasteiger charge is -2.36. The van der Waals surface area contributed by atoms with Crippen molar-refractivity contribution in [2.45, 2.75) is 32.9 Å². The highest BCUT2D eigenvalue weighted by Gasteiger charge is 2.33. The van der Waals surface area contributed by atoms with Gasteiger partial charge in [0, 0.05) is 38.6 Å². The first-order valence-electron chi connectivity index (χ1n) is 9.60. The monoisotopic (exact) mass is 406 g/mol. The Morgan fingerprint density at radius 2 is 1.96 bits per heavy atom. The quantitative estimate of drug-likeness (QED) is 0.730. The Balaban J connectivity index is 1.43. The summed E-state index contributed by atoms with van der Waals surface area (Å²) in [4.78, 5) is 16.6. The van der Waals surface area contributed by atoms with Gasteiger partial charge in [-0.3, -0.25) is 14.2 Å². The first kappa shape index (κ1) is 19.0. The van der Waals surface area contributed by atoms with E-state index in [0.29, 0.717) is 19.5 Å². The number of amides is 1. The van der Waals surface area contributed by atoms with Crippen LogP contribution in [0.5, 0.6) is 0 Å². The van der Waals surface area contributed by atoms with E-state index in [1.165, 1.54) is 0 Å². The molecule has 28 heavy (non-hydrogen) atoms. The zero-order valence-corrected chi connectivity index (χ0v) is 17.1. The molecule has 1 amide bonds. The van der Waals surface area contributed by atoms with Gasteiger partial charge in [0.1, 0.15) is 6.54 Å². The van der Waals surface area contributed by atoms with Gasteiger partial charge in [0.2, 0.25) is 5.91 Å². The Morgan fingerprint density at radius 1 is 1.21 bits per heavy atom. The average molecular weight is 407 g/mol. The van der Waals surface area contributed by atoms with Gasteiger partial charge in [-0.2, -0.15) is 10.2 Å². The molecule has 0 saturated carbocycles. The highest BCUT2D eigenvalue weighted by molar-refractivity contribution is 7.91. The van der Waals surface area contributed by atoms with Crippen LogP contribution in [0, 0.1) is 13.8 Å². The third kappa shape index (κ3) is 3.65. The van der Waals surface area contributed by atoms with Crippen molar-refractivity contribution in [2.24, 2.45) is 0 Å². The van der Waals surface area contributed by atoms with E-state index in [2.05, 4.69) is 15.1 Å². The second kappa shape index (κ2) is 7.23. The molecule has 0 aromatic carbocycles. The van der Waals surface area contributed by atoms with E-state index in [4.69, 9.17) is 0 Å². The molecule has 152 valence electrons. The van der Waals surface area contributed by atoms with Crippen molar-refractivity contribution in [1.29, 1.82) is 0 Å². The van der Waals surface area contributed by atoms with E-state index in [0.717, 1.165) is 30.2 Å². The van der Waals surface area contributed by atoms with Crippen molar-refractivity contribution < 1.29 is 13.2 Å². The Hall–Kier alpha value is -2.36. The highest BCUT2D eigenvalue weighted by atomic mass is 32.2. The van der Waals surface area contributed by atoms with Crippen LogP contribution >= 0.6 is 0 Å². The average Bonchev–Trinajstić information content (AvgIpc) is 3.35. The Morgan fingerprint density at radius 3 is 2.57 bits per heavy atom. The number of hydrogen-bond acceptors (Lipinski definition) is 6. The number of aromatic nitrogens is 4. The van der Waals surface area contributed by atoms with Gasteiger partial charge in [-0.05, 0) is 26.3 Å². The van der Waals surface area contributed by atoms with Crippen LogP contribution in [-0.2, 0) is 21.2 Å². The molecule has 0 N–H and O–H groups in total. The molecule has 2 aromatic rings. The largest absolute Gasteiger partial charge is 0.365 e. The van der Waals surface area contributed by atoms with E-state index >= 15 is 0 Å². The maximum Gasteiger partial charge on any atom is 0.244 e. The van der Waals surface area contributed by atoms with Gasteiger partial charge in [-0.25, -0.2) is 8.42 Å². The fourth-order valence-corrected chi connectivity index (χ4v) is 5.94. The Labute approximate surface area is 164 Å². The first-order valence-corrected chi connectivity index (χ1v) is 11.4. The molecule has 4 rings (SSSR count). The van der Waals surface area contributed by atoms with Gasteiger partial charge in [-0.15, -0.1) is 0 Å². The summed E-state index contributed by atoms with van der Waals surface area (Å²) < 4.78 is 27.2. The van der Waals surface area contributed by atoms with Gasteiger partial charge in [0.25, 0.3) is 0 Å². The molecule has 1 atom stereocenters. The fraction of sp³-hybridized carbons (Fsp3) is 0.611. The lowest BCUT2D eigenvalue weighted by atomic mass is 10.2. The molecule has 10 heteroatoms. The highest BCUT2D eigenvalue weighted by Crippen LogP contribution is 2.31. The summed E-state index contributed by atoms with van der Waals surface area (Å²) in [6.07, 6.45) is 4.09. The molecular weight excluding hydrogens is 380 g/mol. The van der Waals surface area contributed by atoms with Crippen LogP contribution in [0.4, 0.5) is 5.69 Å². The second-order valence-electron chi connectivity index (χ2n) is 7.59. The third-order valence-electron chi connectivity index (χ3n) is 5.65. The predicted molar refractivity (Wildman–Crippen MR) is 105 cm³/mol. The fourth-order valence-electron chi connectivity index (χ4n) is 4.25. The standard InChI is InChI=1S/C18H26N6O3S/c1-14-18(15(2)24(20-14)16-4-11-28(26,27)13-16)22-9-7-21(8-10-22)17(25)12-23-6-3-5-19-23/h3,5-6,16H,4,7-13H2,1-2H3. The zero-order valence-electron chi connectivity index (χ0n) is 16.3. The van der Waals surface area contributed by atoms with Gasteiger partial charge in [-0.1, -0.05) is 0 Å². The van der Waals surface area contributed by atoms with E-state index in [9.17, 15) is 13.2 Å². The summed E-state index contributed by atoms with van der Waals surface area (Å²) >= 11 is 0. The lowest BCUT2D eigenvalue weighted by molar-refractivity contribution is -0.132. The van der Waals surface area contributed by atoms with Gasteiger partial charge < -0.3 is 9.80 Å². The maximum absolute atomic E-state index is 12.5. The van der Waals surface area contributed by atoms with Gasteiger partial charge in [0.05, 0.1) is 34.6 Å². The normalized spacial score (nSPS) is 22.0. The lowest BCUT2D eigenvalue weighted by Crippen LogP contribution is -2.50. The summed E-state index contributed by atoms with van der Waals surface area (Å²) in [6.45, 7) is 7.03. The Kier molecular flexibility index (Phi) is 4.90. The molecule has 2 aliphatic rings. The summed E-state index contributed by atoms with van der Waals surface area (Å²) in [7, 11) is -2.95. The molecule has 0 aliphatic carbocycles. The number of rotatable bonds is 4. The van der Waals surface area contributed by atoms with Gasteiger partial charge >= 0.3 is 0 Å². The molecule has 2 aromatic heterocycles. The van der Waals surface area contributed by atoms with Crippen LogP contribution in [-0.4, -0.2) is 76.5 Å². The molecular formula is C18H26N6O3S. The molecule has 0 spiro atoms. The summed E-state index contributed by atoms with van der Waals surface area (Å²) in [5.41, 5.74) is 3.00. The number of hydrogen-bond donors (Lipinski definition) is 0. The van der Waals surface area contributed by atoms with Crippen molar-refractivity contribution in [3.63, 3.8) is 0 Å². The second-order valence-corrected chi connectivity index (χ2v) is 9.82. The summed E-state index contributed by atoms with van der Waals surface area (Å²) in [5, 5.41) is 8.75. The Bertz CT molecular complexity index is 958. The number of sulfone groups is 1. The van der Waals surface area contributed by atoms with E-state index < -0.39 is 9.84 Å². The molecule has 4 heterocycles. The van der Waals surface area contributed by atoms with Crippen molar-refractivity contribution in [2.75, 3.05) is 42.6 Å². The first-order chi connectivity index (χ1) is 13.3. The third-order valence-corrected chi connectivity index (χ3v) is 7.40. The van der Waals surface area contributed by atoms with Crippen molar-refractivity contribution in [3.05, 3.63) is 29.8 Å². The molecule has 2 fully saturated rings. The topological polar surface area (TPSA) is 93.3 Å². The summed E-state index contributed by atoms with van der Waals surface area (Å²) in [5.74, 6) is 0.482. The van der Waals surface area contributed by atoms with Crippen LogP contribution in [0.1, 0.15) is 23.9 Å². The number of carbonyl (C=O) groups is 1. The maximum atomic E-state index is 12.5. The molecule has 2 aliphatic heterocycles. The molecule has 0 bridgehead atoms. The number of anilines is 1. The van der Waals surface area contributed by atoms with Crippen molar-refractivity contribution >= 4 is 21.4 Å². The minimum atomic E-state index is -2.95. The SMILES string of the molecule is Cc1nn(C2CCS(=O)(=O)C2)c(C)c1N1CCN(C(=O)Cn2cccn2)CC1. The predicted octanol–water partition coefficient (Wildman–Crippen LogP) is 0.405. The molecule has 2 saturated heterocycles. The van der Waals surface area contributed by atoms with E-state index in [1.54, 1.807) is 17.1 Å². The van der Waals surface area contributed by atoms with Crippen LogP contribution in [0.2, 0.25) is 0 Å². The van der Waals surface area contributed by atoms with E-state index in [-0.39, 0.29) is 30.0 Å². The van der Waals surface area contributed by atoms with Crippen LogP contribution in [0.25, 0.3) is 0 Å². The number of piperazine rings is 1. The van der Waals surface area contributed by atoms with Crippen molar-refractivity contribution in [3.8, 4) is 0 Å². The summed E-state index contributed by atoms with van der Waals surface area (Å²) in [6, 6.07) is 1.73. The molecule has 9 nitrogen and oxygen atoms in total. The number of carbonyl (C=O) groups excluding carboxylic acids is 1. The van der Waals surface area contributed by atoms with Crippen LogP contribution in [0.3, 0.4) is 0 Å². The van der Waals surface area contributed by atoms with Crippen LogP contribution < -0.4 is 4.90 Å². The van der Waals surface area contributed by atoms with Crippen LogP contribution in [0.15, 0.2) is 18.5 Å². The number of aryl methyl sites for hydroxylation is 1. The zero-order chi connectivity index (χ0) is 19.9. The van der Waals surface area contributed by atoms with Crippen molar-refractivity contribution in [1.82, 2.24) is 24.5 Å². The minimum absolute atomic E-state index is 0.0728. The minimum Gasteiger partial charge on any atom is -0.365 e. The number of nitrogens with zero attached hydrogens (tertiary/aromatic N) is 6. The molecule has 1 unspecified atom stereocenters. The van der Waals surface area contributed by atoms with Gasteiger partial charge in [0.15, 0.2) is 9.84 Å².